The van der Waals surface area contributed by atoms with E-state index in [2.05, 4.69) is 34.3 Å². The highest BCUT2D eigenvalue weighted by Crippen LogP contribution is 2.20. The average Bonchev–Trinajstić information content (AvgIpc) is 2.92. The third kappa shape index (κ3) is 2.71. The van der Waals surface area contributed by atoms with Gasteiger partial charge in [-0.15, -0.1) is 0 Å². The molecule has 3 rings (SSSR count). The van der Waals surface area contributed by atoms with Gasteiger partial charge >= 0.3 is 0 Å². The lowest BCUT2D eigenvalue weighted by atomic mass is 9.95. The molecule has 1 aromatic heterocycles. The first-order valence-electron chi connectivity index (χ1n) is 7.60. The van der Waals surface area contributed by atoms with Gasteiger partial charge in [-0.1, -0.05) is 25.3 Å². The van der Waals surface area contributed by atoms with Crippen molar-refractivity contribution in [2.75, 3.05) is 6.54 Å². The first-order chi connectivity index (χ1) is 9.88. The van der Waals surface area contributed by atoms with Crippen molar-refractivity contribution in [2.45, 2.75) is 44.7 Å². The molecule has 3 heteroatoms. The largest absolute Gasteiger partial charge is 0.346 e. The SMILES string of the molecule is N#Cc1cccc2c1ccn2CCNC1CCCCC1. The van der Waals surface area contributed by atoms with Crippen molar-refractivity contribution in [1.29, 1.82) is 5.26 Å². The Bertz CT molecular complexity index is 615. The molecule has 1 N–H and O–H groups in total. The Labute approximate surface area is 120 Å². The topological polar surface area (TPSA) is 40.8 Å². The zero-order valence-electron chi connectivity index (χ0n) is 11.8. The number of nitriles is 1. The van der Waals surface area contributed by atoms with Gasteiger partial charge in [0.05, 0.1) is 11.6 Å². The van der Waals surface area contributed by atoms with Gasteiger partial charge in [0.2, 0.25) is 0 Å². The molecule has 2 aromatic rings. The summed E-state index contributed by atoms with van der Waals surface area (Å²) in [6.07, 6.45) is 8.88. The molecule has 1 saturated carbocycles. The van der Waals surface area contributed by atoms with Crippen LogP contribution in [-0.2, 0) is 6.54 Å². The van der Waals surface area contributed by atoms with Crippen molar-refractivity contribution in [2.24, 2.45) is 0 Å². The highest BCUT2D eigenvalue weighted by molar-refractivity contribution is 5.85. The number of benzene rings is 1. The van der Waals surface area contributed by atoms with E-state index in [4.69, 9.17) is 5.26 Å². The second-order valence-electron chi connectivity index (χ2n) is 5.65. The molecule has 0 spiro atoms. The van der Waals surface area contributed by atoms with Crippen LogP contribution < -0.4 is 5.32 Å². The predicted molar refractivity (Wildman–Crippen MR) is 81.5 cm³/mol. The lowest BCUT2D eigenvalue weighted by Gasteiger charge is -2.23. The third-order valence-corrected chi connectivity index (χ3v) is 4.33. The van der Waals surface area contributed by atoms with E-state index in [1.54, 1.807) is 0 Å². The molecule has 0 unspecified atom stereocenters. The molecular formula is C17H21N3. The van der Waals surface area contributed by atoms with Crippen LogP contribution >= 0.6 is 0 Å². The molecule has 0 radical (unpaired) electrons. The zero-order chi connectivity index (χ0) is 13.8. The Morgan fingerprint density at radius 1 is 1.20 bits per heavy atom. The maximum Gasteiger partial charge on any atom is 0.0998 e. The second-order valence-corrected chi connectivity index (χ2v) is 5.65. The highest BCUT2D eigenvalue weighted by Gasteiger charge is 2.12. The number of rotatable bonds is 4. The van der Waals surface area contributed by atoms with E-state index in [9.17, 15) is 0 Å². The lowest BCUT2D eigenvalue weighted by Crippen LogP contribution is -2.33. The molecular weight excluding hydrogens is 246 g/mol. The van der Waals surface area contributed by atoms with E-state index in [-0.39, 0.29) is 0 Å². The summed E-state index contributed by atoms with van der Waals surface area (Å²) in [5.41, 5.74) is 1.93. The predicted octanol–water partition coefficient (Wildman–Crippen LogP) is 3.44. The summed E-state index contributed by atoms with van der Waals surface area (Å²) in [7, 11) is 0. The number of aromatic nitrogens is 1. The van der Waals surface area contributed by atoms with Crippen LogP contribution in [0, 0.1) is 11.3 Å². The van der Waals surface area contributed by atoms with Crippen molar-refractivity contribution < 1.29 is 0 Å². The van der Waals surface area contributed by atoms with E-state index in [1.165, 1.54) is 32.1 Å². The molecule has 0 bridgehead atoms. The van der Waals surface area contributed by atoms with E-state index < -0.39 is 0 Å². The lowest BCUT2D eigenvalue weighted by molar-refractivity contribution is 0.369. The molecule has 1 heterocycles. The number of nitrogens with zero attached hydrogens (tertiary/aromatic N) is 2. The van der Waals surface area contributed by atoms with Gasteiger partial charge in [-0.2, -0.15) is 5.26 Å². The van der Waals surface area contributed by atoms with Gasteiger partial charge in [-0.25, -0.2) is 0 Å². The molecule has 1 fully saturated rings. The molecule has 0 aliphatic heterocycles. The summed E-state index contributed by atoms with van der Waals surface area (Å²) < 4.78 is 2.24. The van der Waals surface area contributed by atoms with Crippen LogP contribution in [0.2, 0.25) is 0 Å². The van der Waals surface area contributed by atoms with E-state index in [1.807, 2.05) is 12.1 Å². The van der Waals surface area contributed by atoms with Gasteiger partial charge < -0.3 is 9.88 Å². The van der Waals surface area contributed by atoms with Crippen molar-refractivity contribution in [3.63, 3.8) is 0 Å². The van der Waals surface area contributed by atoms with Crippen LogP contribution in [0.1, 0.15) is 37.7 Å². The fourth-order valence-corrected chi connectivity index (χ4v) is 3.21. The minimum Gasteiger partial charge on any atom is -0.346 e. The van der Waals surface area contributed by atoms with Crippen LogP contribution in [0.3, 0.4) is 0 Å². The minimum absolute atomic E-state index is 0.709. The molecule has 0 atom stereocenters. The Morgan fingerprint density at radius 2 is 2.05 bits per heavy atom. The molecule has 0 amide bonds. The molecule has 1 aromatic carbocycles. The smallest absolute Gasteiger partial charge is 0.0998 e. The van der Waals surface area contributed by atoms with Crippen molar-refractivity contribution >= 4 is 10.9 Å². The molecule has 0 saturated heterocycles. The van der Waals surface area contributed by atoms with Crippen LogP contribution in [0.15, 0.2) is 30.5 Å². The first kappa shape index (κ1) is 13.2. The highest BCUT2D eigenvalue weighted by atomic mass is 15.0. The summed E-state index contributed by atoms with van der Waals surface area (Å²) in [5.74, 6) is 0. The van der Waals surface area contributed by atoms with Crippen molar-refractivity contribution in [1.82, 2.24) is 9.88 Å². The van der Waals surface area contributed by atoms with Crippen molar-refractivity contribution in [3.8, 4) is 6.07 Å². The zero-order valence-corrected chi connectivity index (χ0v) is 11.8. The Hall–Kier alpha value is -1.79. The number of nitrogens with one attached hydrogen (secondary N) is 1. The Balaban J connectivity index is 1.64. The summed E-state index contributed by atoms with van der Waals surface area (Å²) in [6, 6.07) is 11.0. The number of fused-ring (bicyclic) bond motifs is 1. The minimum atomic E-state index is 0.709. The first-order valence-corrected chi connectivity index (χ1v) is 7.60. The van der Waals surface area contributed by atoms with Crippen LogP contribution in [0.5, 0.6) is 0 Å². The van der Waals surface area contributed by atoms with Gasteiger partial charge in [-0.05, 0) is 31.0 Å². The van der Waals surface area contributed by atoms with Gasteiger partial charge in [0, 0.05) is 36.2 Å². The summed E-state index contributed by atoms with van der Waals surface area (Å²) >= 11 is 0. The van der Waals surface area contributed by atoms with Gasteiger partial charge in [0.1, 0.15) is 0 Å². The molecule has 20 heavy (non-hydrogen) atoms. The number of hydrogen-bond donors (Lipinski definition) is 1. The average molecular weight is 267 g/mol. The van der Waals surface area contributed by atoms with E-state index >= 15 is 0 Å². The summed E-state index contributed by atoms with van der Waals surface area (Å²) in [4.78, 5) is 0. The van der Waals surface area contributed by atoms with E-state index in [0.29, 0.717) is 6.04 Å². The summed E-state index contributed by atoms with van der Waals surface area (Å²) in [5, 5.41) is 13.8. The fourth-order valence-electron chi connectivity index (χ4n) is 3.21. The van der Waals surface area contributed by atoms with Crippen LogP contribution in [-0.4, -0.2) is 17.2 Å². The van der Waals surface area contributed by atoms with Gasteiger partial charge in [0.15, 0.2) is 0 Å². The molecule has 3 nitrogen and oxygen atoms in total. The Morgan fingerprint density at radius 3 is 2.85 bits per heavy atom. The van der Waals surface area contributed by atoms with E-state index in [0.717, 1.165) is 29.6 Å². The Kier molecular flexibility index (Phi) is 4.03. The molecule has 1 aliphatic carbocycles. The molecule has 104 valence electrons. The fraction of sp³-hybridized carbons (Fsp3) is 0.471. The van der Waals surface area contributed by atoms with Crippen LogP contribution in [0.25, 0.3) is 10.9 Å². The summed E-state index contributed by atoms with van der Waals surface area (Å²) in [6.45, 7) is 1.97. The third-order valence-electron chi connectivity index (χ3n) is 4.33. The quantitative estimate of drug-likeness (QED) is 0.922. The molecule has 1 aliphatic rings. The maximum absolute atomic E-state index is 9.12. The van der Waals surface area contributed by atoms with Crippen LogP contribution in [0.4, 0.5) is 0 Å². The van der Waals surface area contributed by atoms with Gasteiger partial charge in [-0.3, -0.25) is 0 Å². The maximum atomic E-state index is 9.12. The number of hydrogen-bond acceptors (Lipinski definition) is 2. The second kappa shape index (κ2) is 6.11. The van der Waals surface area contributed by atoms with Crippen molar-refractivity contribution in [3.05, 3.63) is 36.0 Å². The normalized spacial score (nSPS) is 16.4. The monoisotopic (exact) mass is 267 g/mol. The van der Waals surface area contributed by atoms with Gasteiger partial charge in [0.25, 0.3) is 0 Å². The standard InChI is InChI=1S/C17H21N3/c18-13-14-5-4-8-17-16(14)9-11-20(17)12-10-19-15-6-2-1-3-7-15/h4-5,8-9,11,15,19H,1-3,6-7,10,12H2.